The Morgan fingerprint density at radius 3 is 2.55 bits per heavy atom. The van der Waals surface area contributed by atoms with Gasteiger partial charge in [-0.3, -0.25) is 14.4 Å². The molecule has 38 heavy (non-hydrogen) atoms. The van der Waals surface area contributed by atoms with Gasteiger partial charge in [0.15, 0.2) is 0 Å². The van der Waals surface area contributed by atoms with Gasteiger partial charge >= 0.3 is 6.09 Å². The predicted molar refractivity (Wildman–Crippen MR) is 144 cm³/mol. The summed E-state index contributed by atoms with van der Waals surface area (Å²) in [6.45, 7) is 11.3. The number of ether oxygens (including phenoxy) is 1. The maximum atomic E-state index is 13.9. The van der Waals surface area contributed by atoms with E-state index in [4.69, 9.17) is 9.72 Å². The zero-order valence-corrected chi connectivity index (χ0v) is 23.3. The summed E-state index contributed by atoms with van der Waals surface area (Å²) < 4.78 is 9.46. The van der Waals surface area contributed by atoms with Crippen LogP contribution in [0.5, 0.6) is 0 Å². The van der Waals surface area contributed by atoms with Crippen LogP contribution in [0.3, 0.4) is 0 Å². The highest BCUT2D eigenvalue weighted by molar-refractivity contribution is 5.84. The summed E-state index contributed by atoms with van der Waals surface area (Å²) in [7, 11) is 1.88. The molecule has 2 aliphatic rings. The minimum absolute atomic E-state index is 0.151. The highest BCUT2D eigenvalue weighted by Crippen LogP contribution is 2.42. The van der Waals surface area contributed by atoms with Crippen LogP contribution in [-0.2, 0) is 28.7 Å². The van der Waals surface area contributed by atoms with E-state index in [0.717, 1.165) is 16.9 Å². The first-order chi connectivity index (χ1) is 17.9. The average Bonchev–Trinajstić information content (AvgIpc) is 3.44. The number of carbonyl (C=O) groups excluding carboxylic acids is 2. The Bertz CT molecular complexity index is 1330. The number of nitrogens with one attached hydrogen (secondary N) is 1. The fraction of sp³-hybridized carbons (Fsp3) is 0.571. The number of piperazine rings is 1. The fourth-order valence-electron chi connectivity index (χ4n) is 5.23. The fourth-order valence-corrected chi connectivity index (χ4v) is 5.23. The third-order valence-electron chi connectivity index (χ3n) is 7.21. The Hall–Kier alpha value is -3.40. The molecule has 1 saturated heterocycles. The monoisotopic (exact) mass is 521 g/mol. The molecule has 5 rings (SSSR count). The summed E-state index contributed by atoms with van der Waals surface area (Å²) in [4.78, 5) is 35.3. The largest absolute Gasteiger partial charge is 0.444 e. The van der Waals surface area contributed by atoms with Crippen LogP contribution in [0.2, 0.25) is 0 Å². The molecule has 0 radical (unpaired) electrons. The quantitative estimate of drug-likeness (QED) is 0.534. The summed E-state index contributed by atoms with van der Waals surface area (Å²) in [5, 5.41) is 7.53. The number of rotatable bonds is 6. The molecule has 1 aliphatic carbocycles. The van der Waals surface area contributed by atoms with Gasteiger partial charge in [-0.1, -0.05) is 6.07 Å². The van der Waals surface area contributed by atoms with Crippen molar-refractivity contribution in [1.29, 1.82) is 0 Å². The number of imidazole rings is 1. The topological polar surface area (TPSA) is 97.0 Å². The van der Waals surface area contributed by atoms with Gasteiger partial charge in [0.1, 0.15) is 17.5 Å². The van der Waals surface area contributed by atoms with Crippen molar-refractivity contribution in [2.24, 2.45) is 7.05 Å². The van der Waals surface area contributed by atoms with Crippen LogP contribution >= 0.6 is 0 Å². The van der Waals surface area contributed by atoms with Gasteiger partial charge in [-0.15, -0.1) is 0 Å². The smallest absolute Gasteiger partial charge is 0.410 e. The van der Waals surface area contributed by atoms with Crippen LogP contribution in [0.25, 0.3) is 5.52 Å². The minimum Gasteiger partial charge on any atom is -0.444 e. The zero-order chi connectivity index (χ0) is 27.2. The number of nitrogens with zero attached hydrogens (tertiary/aromatic N) is 6. The van der Waals surface area contributed by atoms with E-state index in [1.54, 1.807) is 9.58 Å². The molecule has 0 spiro atoms. The van der Waals surface area contributed by atoms with Crippen molar-refractivity contribution in [3.05, 3.63) is 53.9 Å². The molecule has 0 unspecified atom stereocenters. The number of hydrogen-bond acceptors (Lipinski definition) is 6. The SMILES string of the molecule is Cn1cc(CN2CCN(C(=O)OC(C)(C)C)C[C@H]2C(=O)NC(C)(C)c2ncc3c(C4CC4)cccn23)cn1. The van der Waals surface area contributed by atoms with Crippen molar-refractivity contribution >= 4 is 17.5 Å². The molecule has 3 aromatic rings. The molecule has 10 nitrogen and oxygen atoms in total. The first-order valence-corrected chi connectivity index (χ1v) is 13.4. The third kappa shape index (κ3) is 5.55. The maximum Gasteiger partial charge on any atom is 0.410 e. The number of amides is 2. The third-order valence-corrected chi connectivity index (χ3v) is 7.21. The summed E-state index contributed by atoms with van der Waals surface area (Å²) >= 11 is 0. The van der Waals surface area contributed by atoms with Crippen LogP contribution in [0.15, 0.2) is 36.9 Å². The van der Waals surface area contributed by atoms with Crippen molar-refractivity contribution in [1.82, 2.24) is 34.3 Å². The lowest BCUT2D eigenvalue weighted by Gasteiger charge is -2.41. The lowest BCUT2D eigenvalue weighted by atomic mass is 10.0. The number of fused-ring (bicyclic) bond motifs is 1. The van der Waals surface area contributed by atoms with E-state index in [0.29, 0.717) is 25.6 Å². The number of aromatic nitrogens is 4. The molecule has 0 aromatic carbocycles. The van der Waals surface area contributed by atoms with Crippen molar-refractivity contribution in [3.63, 3.8) is 0 Å². The summed E-state index contributed by atoms with van der Waals surface area (Å²) in [5.74, 6) is 1.23. The maximum absolute atomic E-state index is 13.9. The van der Waals surface area contributed by atoms with E-state index in [1.807, 2.05) is 66.5 Å². The highest BCUT2D eigenvalue weighted by atomic mass is 16.6. The van der Waals surface area contributed by atoms with E-state index < -0.39 is 23.3 Å². The molecule has 2 amide bonds. The first kappa shape index (κ1) is 26.2. The van der Waals surface area contributed by atoms with E-state index in [-0.39, 0.29) is 12.5 Å². The standard InChI is InChI=1S/C28H39N7O3/c1-27(2,3)38-26(37)34-13-12-33(17-19-14-30-32(6)16-19)23(18-34)24(36)31-28(4,5)25-29-15-22-21(20-9-10-20)8-7-11-35(22)25/h7-8,11,14-16,20,23H,9-10,12-13,17-18H2,1-6H3,(H,31,36)/t23-/m0/s1. The van der Waals surface area contributed by atoms with Crippen LogP contribution < -0.4 is 5.32 Å². The van der Waals surface area contributed by atoms with Gasteiger partial charge in [-0.05, 0) is 65.0 Å². The lowest BCUT2D eigenvalue weighted by molar-refractivity contribution is -0.130. The van der Waals surface area contributed by atoms with Crippen molar-refractivity contribution in [2.45, 2.75) is 77.1 Å². The van der Waals surface area contributed by atoms with E-state index in [1.165, 1.54) is 18.4 Å². The van der Waals surface area contributed by atoms with E-state index in [9.17, 15) is 9.59 Å². The van der Waals surface area contributed by atoms with Crippen LogP contribution in [0.1, 0.15) is 70.3 Å². The van der Waals surface area contributed by atoms with E-state index >= 15 is 0 Å². The molecule has 3 aromatic heterocycles. The van der Waals surface area contributed by atoms with Gasteiger partial charge in [0.05, 0.1) is 23.4 Å². The van der Waals surface area contributed by atoms with Crippen LogP contribution in [-0.4, -0.2) is 72.2 Å². The Kier molecular flexibility index (Phi) is 6.71. The second-order valence-corrected chi connectivity index (χ2v) is 12.1. The molecule has 0 bridgehead atoms. The Labute approximate surface area is 223 Å². The Balaban J connectivity index is 1.38. The summed E-state index contributed by atoms with van der Waals surface area (Å²) in [6, 6.07) is 3.68. The second-order valence-electron chi connectivity index (χ2n) is 12.1. The van der Waals surface area contributed by atoms with Crippen molar-refractivity contribution in [2.75, 3.05) is 19.6 Å². The molecule has 1 aliphatic heterocycles. The van der Waals surface area contributed by atoms with Gasteiger partial charge in [0.25, 0.3) is 0 Å². The molecule has 1 N–H and O–H groups in total. The molecule has 2 fully saturated rings. The number of pyridine rings is 1. The normalized spacial score (nSPS) is 19.1. The predicted octanol–water partition coefficient (Wildman–Crippen LogP) is 3.42. The molecule has 1 saturated carbocycles. The molecular formula is C28H39N7O3. The second kappa shape index (κ2) is 9.72. The number of aryl methyl sites for hydroxylation is 1. The number of carbonyl (C=O) groups is 2. The van der Waals surface area contributed by atoms with Gasteiger partial charge in [0.2, 0.25) is 5.91 Å². The number of hydrogen-bond donors (Lipinski definition) is 1. The lowest BCUT2D eigenvalue weighted by Crippen LogP contribution is -2.61. The minimum atomic E-state index is -0.736. The molecule has 10 heteroatoms. The van der Waals surface area contributed by atoms with Gasteiger partial charge < -0.3 is 19.4 Å². The summed E-state index contributed by atoms with van der Waals surface area (Å²) in [5.41, 5.74) is 2.09. The van der Waals surface area contributed by atoms with Crippen LogP contribution in [0.4, 0.5) is 4.79 Å². The van der Waals surface area contributed by atoms with E-state index in [2.05, 4.69) is 31.8 Å². The highest BCUT2D eigenvalue weighted by Gasteiger charge is 2.39. The molecule has 4 heterocycles. The molecule has 204 valence electrons. The Morgan fingerprint density at radius 1 is 1.13 bits per heavy atom. The van der Waals surface area contributed by atoms with Gasteiger partial charge in [0, 0.05) is 51.2 Å². The molecule has 1 atom stereocenters. The molecular weight excluding hydrogens is 482 g/mol. The van der Waals surface area contributed by atoms with Gasteiger partial charge in [-0.25, -0.2) is 9.78 Å². The van der Waals surface area contributed by atoms with Crippen molar-refractivity contribution in [3.8, 4) is 0 Å². The van der Waals surface area contributed by atoms with Crippen LogP contribution in [0, 0.1) is 0 Å². The average molecular weight is 522 g/mol. The first-order valence-electron chi connectivity index (χ1n) is 13.4. The zero-order valence-electron chi connectivity index (χ0n) is 23.3. The Morgan fingerprint density at radius 2 is 1.89 bits per heavy atom. The van der Waals surface area contributed by atoms with Crippen molar-refractivity contribution < 1.29 is 14.3 Å². The summed E-state index contributed by atoms with van der Waals surface area (Å²) in [6.07, 6.45) is 9.71. The van der Waals surface area contributed by atoms with Gasteiger partial charge in [-0.2, -0.15) is 5.10 Å².